The van der Waals surface area contributed by atoms with Crippen LogP contribution in [-0.4, -0.2) is 66.0 Å². The topological polar surface area (TPSA) is 97.1 Å². The molecule has 0 spiro atoms. The number of carbonyl (C=O) groups excluding carboxylic acids is 1. The number of aryl methyl sites for hydroxylation is 1. The summed E-state index contributed by atoms with van der Waals surface area (Å²) in [7, 11) is 1.73. The minimum absolute atomic E-state index is 0.0378. The Morgan fingerprint density at radius 3 is 2.70 bits per heavy atom. The maximum absolute atomic E-state index is 15.9. The lowest BCUT2D eigenvalue weighted by atomic mass is 10.1. The molecule has 0 saturated carbocycles. The van der Waals surface area contributed by atoms with Crippen molar-refractivity contribution in [1.82, 2.24) is 9.55 Å². The van der Waals surface area contributed by atoms with Crippen molar-refractivity contribution in [3.8, 4) is 0 Å². The number of methoxy groups -OCH3 is 1. The summed E-state index contributed by atoms with van der Waals surface area (Å²) in [6.07, 6.45) is 9.77. The summed E-state index contributed by atoms with van der Waals surface area (Å²) in [5.74, 6) is -0.887. The van der Waals surface area contributed by atoms with Gasteiger partial charge in [-0.2, -0.15) is 0 Å². The van der Waals surface area contributed by atoms with Crippen LogP contribution in [0, 0.1) is 0 Å². The van der Waals surface area contributed by atoms with Gasteiger partial charge >= 0.3 is 5.97 Å². The second kappa shape index (κ2) is 15.5. The van der Waals surface area contributed by atoms with E-state index in [0.717, 1.165) is 74.1 Å². The first-order valence-electron chi connectivity index (χ1n) is 16.4. The molecule has 1 aromatic heterocycles. The van der Waals surface area contributed by atoms with E-state index in [9.17, 15) is 14.7 Å². The van der Waals surface area contributed by atoms with E-state index in [4.69, 9.17) is 14.5 Å². The lowest BCUT2D eigenvalue weighted by Gasteiger charge is -2.24. The fourth-order valence-electron chi connectivity index (χ4n) is 6.40. The monoisotopic (exact) mass is 632 g/mol. The number of hydrogen-bond donors (Lipinski definition) is 1. The van der Waals surface area contributed by atoms with E-state index in [-0.39, 0.29) is 30.8 Å². The molecule has 2 saturated heterocycles. The van der Waals surface area contributed by atoms with Gasteiger partial charge in [0.25, 0.3) is 0 Å². The van der Waals surface area contributed by atoms with Gasteiger partial charge in [-0.05, 0) is 68.7 Å². The molecule has 1 atom stereocenters. The van der Waals surface area contributed by atoms with Gasteiger partial charge in [-0.1, -0.05) is 32.3 Å². The molecule has 10 heteroatoms. The van der Waals surface area contributed by atoms with Gasteiger partial charge in [0.1, 0.15) is 11.7 Å². The van der Waals surface area contributed by atoms with Gasteiger partial charge in [0.15, 0.2) is 0 Å². The van der Waals surface area contributed by atoms with E-state index in [0.29, 0.717) is 36.4 Å². The summed E-state index contributed by atoms with van der Waals surface area (Å²) < 4.78 is 29.5. The van der Waals surface area contributed by atoms with Crippen LogP contribution in [0.1, 0.15) is 80.5 Å². The first-order valence-corrected chi connectivity index (χ1v) is 16.4. The summed E-state index contributed by atoms with van der Waals surface area (Å²) in [4.78, 5) is 32.8. The highest BCUT2D eigenvalue weighted by Crippen LogP contribution is 2.32. The van der Waals surface area contributed by atoms with Crippen molar-refractivity contribution < 1.29 is 28.6 Å². The summed E-state index contributed by atoms with van der Waals surface area (Å²) >= 11 is 0. The highest BCUT2D eigenvalue weighted by atomic mass is 19.1. The molecule has 2 aromatic carbocycles. The number of aromatic nitrogens is 2. The Balaban J connectivity index is 1.35. The maximum atomic E-state index is 15.9. The van der Waals surface area contributed by atoms with Crippen molar-refractivity contribution >= 4 is 39.9 Å². The van der Waals surface area contributed by atoms with Crippen LogP contribution in [0.25, 0.3) is 16.6 Å². The Kier molecular flexibility index (Phi) is 11.2. The third kappa shape index (κ3) is 7.50. The minimum Gasteiger partial charge on any atom is -0.478 e. The predicted octanol–water partition coefficient (Wildman–Crippen LogP) is 7.14. The molecule has 0 radical (unpaired) electrons. The van der Waals surface area contributed by atoms with E-state index in [1.54, 1.807) is 38.3 Å². The Hall–Kier alpha value is -4.02. The Labute approximate surface area is 270 Å². The number of aromatic carboxylic acids is 1. The van der Waals surface area contributed by atoms with E-state index in [1.165, 1.54) is 6.08 Å². The highest BCUT2D eigenvalue weighted by Gasteiger charge is 2.27. The molecule has 1 amide bonds. The Morgan fingerprint density at radius 1 is 1.15 bits per heavy atom. The van der Waals surface area contributed by atoms with Crippen molar-refractivity contribution in [3.63, 3.8) is 0 Å². The molecule has 0 bridgehead atoms. The molecule has 1 unspecified atom stereocenters. The molecule has 2 aliphatic rings. The van der Waals surface area contributed by atoms with E-state index >= 15 is 4.39 Å². The van der Waals surface area contributed by atoms with Crippen molar-refractivity contribution in [2.75, 3.05) is 43.2 Å². The van der Waals surface area contributed by atoms with Crippen molar-refractivity contribution in [2.24, 2.45) is 0 Å². The molecular weight excluding hydrogens is 587 g/mol. The van der Waals surface area contributed by atoms with E-state index in [2.05, 4.69) is 11.8 Å². The third-order valence-electron chi connectivity index (χ3n) is 8.92. The SMILES string of the molecule is C/C=C(\C(F)=C/COCc1cc(N2CCCC2=O)ccc1N1CCC(OC)C1)c1nc2cc(C(=O)O)ccc2n1CCCCCC. The molecule has 0 aliphatic carbocycles. The first-order chi connectivity index (χ1) is 22.3. The normalized spacial score (nSPS) is 17.6. The van der Waals surface area contributed by atoms with Crippen molar-refractivity contribution in [3.05, 3.63) is 71.3 Å². The maximum Gasteiger partial charge on any atom is 0.335 e. The summed E-state index contributed by atoms with van der Waals surface area (Å²) in [5.41, 5.74) is 4.62. The Bertz CT molecular complexity index is 1610. The smallest absolute Gasteiger partial charge is 0.335 e. The predicted molar refractivity (Wildman–Crippen MR) is 179 cm³/mol. The number of halogens is 1. The molecule has 246 valence electrons. The number of anilines is 2. The standard InChI is InChI=1S/C36H45FN4O5/c1-4-6-7-8-17-41-33-13-11-25(36(43)44)22-31(33)38-35(41)29(5-2)30(37)16-20-46-24-26-21-27(40-18-9-10-34(40)42)12-14-32(26)39-19-15-28(23-39)45-3/h5,11-14,16,21-22,28H,4,6-10,15,17-20,23-24H2,1-3H3,(H,43,44)/b29-5+,30-16+. The number of fused-ring (bicyclic) bond motifs is 1. The zero-order valence-corrected chi connectivity index (χ0v) is 27.1. The molecule has 3 aromatic rings. The van der Waals surface area contributed by atoms with Gasteiger partial charge in [-0.25, -0.2) is 14.2 Å². The lowest BCUT2D eigenvalue weighted by Crippen LogP contribution is -2.26. The number of unbranched alkanes of at least 4 members (excludes halogenated alkanes) is 3. The summed E-state index contributed by atoms with van der Waals surface area (Å²) in [6, 6.07) is 10.9. The number of imidazole rings is 1. The van der Waals surface area contributed by atoms with Gasteiger partial charge < -0.3 is 28.9 Å². The molecule has 3 heterocycles. The largest absolute Gasteiger partial charge is 0.478 e. The molecule has 1 N–H and O–H groups in total. The number of benzene rings is 2. The highest BCUT2D eigenvalue weighted by molar-refractivity contribution is 5.96. The zero-order valence-electron chi connectivity index (χ0n) is 27.1. The second-order valence-electron chi connectivity index (χ2n) is 12.0. The van der Waals surface area contributed by atoms with Gasteiger partial charge in [0.2, 0.25) is 5.91 Å². The van der Waals surface area contributed by atoms with E-state index < -0.39 is 11.8 Å². The molecule has 2 aliphatic heterocycles. The quantitative estimate of drug-likeness (QED) is 0.141. The third-order valence-corrected chi connectivity index (χ3v) is 8.92. The molecule has 2 fully saturated rings. The number of carboxylic acid groups (broad SMARTS) is 1. The number of carboxylic acids is 1. The molecule has 5 rings (SSSR count). The minimum atomic E-state index is -1.03. The van der Waals surface area contributed by atoms with E-state index in [1.807, 2.05) is 27.7 Å². The van der Waals surface area contributed by atoms with Crippen LogP contribution >= 0.6 is 0 Å². The summed E-state index contributed by atoms with van der Waals surface area (Å²) in [5, 5.41) is 9.50. The van der Waals surface area contributed by atoms with Gasteiger partial charge in [-0.15, -0.1) is 0 Å². The van der Waals surface area contributed by atoms with Crippen LogP contribution in [-0.2, 0) is 27.4 Å². The number of rotatable bonds is 15. The van der Waals surface area contributed by atoms with Gasteiger partial charge in [0, 0.05) is 62.2 Å². The first kappa shape index (κ1) is 33.3. The lowest BCUT2D eigenvalue weighted by molar-refractivity contribution is -0.117. The molecule has 46 heavy (non-hydrogen) atoms. The number of carbonyl (C=O) groups is 2. The van der Waals surface area contributed by atoms with Gasteiger partial charge in [-0.3, -0.25) is 4.79 Å². The fourth-order valence-corrected chi connectivity index (χ4v) is 6.40. The van der Waals surface area contributed by atoms with Crippen LogP contribution in [0.4, 0.5) is 15.8 Å². The fraction of sp³-hybridized carbons (Fsp3) is 0.472. The van der Waals surface area contributed by atoms with Crippen LogP contribution < -0.4 is 9.80 Å². The van der Waals surface area contributed by atoms with Crippen LogP contribution in [0.15, 0.2) is 54.4 Å². The second-order valence-corrected chi connectivity index (χ2v) is 12.0. The van der Waals surface area contributed by atoms with Crippen LogP contribution in [0.3, 0.4) is 0 Å². The number of ether oxygens (including phenoxy) is 2. The number of nitrogens with zero attached hydrogens (tertiary/aromatic N) is 4. The van der Waals surface area contributed by atoms with Crippen molar-refractivity contribution in [2.45, 2.75) is 78.0 Å². The van der Waals surface area contributed by atoms with Gasteiger partial charge in [0.05, 0.1) is 35.9 Å². The molecule has 9 nitrogen and oxygen atoms in total. The number of amides is 1. The average molecular weight is 633 g/mol. The average Bonchev–Trinajstić information content (AvgIpc) is 3.80. The number of allylic oxidation sites excluding steroid dienone is 3. The Morgan fingerprint density at radius 2 is 2.00 bits per heavy atom. The number of hydrogen-bond acceptors (Lipinski definition) is 6. The van der Waals surface area contributed by atoms with Crippen LogP contribution in [0.2, 0.25) is 0 Å². The van der Waals surface area contributed by atoms with Crippen LogP contribution in [0.5, 0.6) is 0 Å². The molecular formula is C36H45FN4O5. The zero-order chi connectivity index (χ0) is 32.6. The van der Waals surface area contributed by atoms with Crippen molar-refractivity contribution in [1.29, 1.82) is 0 Å². The summed E-state index contributed by atoms with van der Waals surface area (Å²) in [6.45, 7) is 7.21.